The molecule has 0 amide bonds. The average molecular weight is 537 g/mol. The molecule has 2 heterocycles. The molecule has 0 unspecified atom stereocenters. The summed E-state index contributed by atoms with van der Waals surface area (Å²) in [5.74, 6) is 0.845. The molecule has 8 heteroatoms. The van der Waals surface area contributed by atoms with Gasteiger partial charge in [-0.3, -0.25) is 4.98 Å². The fourth-order valence-corrected chi connectivity index (χ4v) is 3.39. The maximum absolute atomic E-state index is 11.9. The zero-order valence-corrected chi connectivity index (χ0v) is 25.4. The molecule has 1 fully saturated rings. The molecule has 0 N–H and O–H groups in total. The Morgan fingerprint density at radius 1 is 0.816 bits per heavy atom. The predicted molar refractivity (Wildman–Crippen MR) is 152 cm³/mol. The van der Waals surface area contributed by atoms with E-state index in [0.29, 0.717) is 13.2 Å². The van der Waals surface area contributed by atoms with Gasteiger partial charge in [-0.2, -0.15) is 0 Å². The smallest absolute Gasteiger partial charge is 0.109 e. The van der Waals surface area contributed by atoms with Crippen molar-refractivity contribution >= 4 is 0 Å². The zero-order chi connectivity index (χ0) is 28.7. The zero-order valence-electron chi connectivity index (χ0n) is 25.4. The van der Waals surface area contributed by atoms with Gasteiger partial charge in [-0.15, -0.1) is 5.10 Å². The van der Waals surface area contributed by atoms with E-state index in [1.54, 1.807) is 12.4 Å². The SMILES string of the molecule is CC(C)(C)OCC1CCCCC1.CC(C)(C)OCc1ccccn1.CC(C)(C)OCc1cn(CCF)nn1. The molecule has 0 aliphatic heterocycles. The van der Waals surface area contributed by atoms with Crippen molar-refractivity contribution in [3.8, 4) is 0 Å². The minimum Gasteiger partial charge on any atom is -0.376 e. The summed E-state index contributed by atoms with van der Waals surface area (Å²) in [6.07, 6.45) is 10.5. The highest BCUT2D eigenvalue weighted by Crippen LogP contribution is 2.25. The Balaban J connectivity index is 0.000000286. The van der Waals surface area contributed by atoms with E-state index in [1.807, 2.05) is 59.7 Å². The van der Waals surface area contributed by atoms with Crippen molar-refractivity contribution in [2.24, 2.45) is 5.92 Å². The first-order valence-electron chi connectivity index (χ1n) is 13.9. The molecular formula is C30H53FN4O3. The van der Waals surface area contributed by atoms with Gasteiger partial charge in [-0.05, 0) is 93.2 Å². The van der Waals surface area contributed by atoms with E-state index in [4.69, 9.17) is 14.2 Å². The third-order valence-electron chi connectivity index (χ3n) is 5.41. The summed E-state index contributed by atoms with van der Waals surface area (Å²) in [5, 5.41) is 7.61. The summed E-state index contributed by atoms with van der Waals surface area (Å²) in [6.45, 7) is 20.2. The lowest BCUT2D eigenvalue weighted by molar-refractivity contribution is -0.0278. The first kappa shape index (κ1) is 34.1. The molecular weight excluding hydrogens is 483 g/mol. The number of ether oxygens (including phenoxy) is 3. The van der Waals surface area contributed by atoms with Crippen molar-refractivity contribution in [2.45, 2.75) is 131 Å². The van der Waals surface area contributed by atoms with Crippen LogP contribution in [0.1, 0.15) is 106 Å². The van der Waals surface area contributed by atoms with Crippen LogP contribution in [0, 0.1) is 5.92 Å². The quantitative estimate of drug-likeness (QED) is 0.351. The molecule has 0 spiro atoms. The molecule has 2 aromatic rings. The first-order chi connectivity index (χ1) is 17.7. The van der Waals surface area contributed by atoms with E-state index < -0.39 is 6.67 Å². The van der Waals surface area contributed by atoms with E-state index in [0.717, 1.165) is 23.9 Å². The van der Waals surface area contributed by atoms with Crippen LogP contribution in [0.3, 0.4) is 0 Å². The molecule has 38 heavy (non-hydrogen) atoms. The Morgan fingerprint density at radius 2 is 1.39 bits per heavy atom. The highest BCUT2D eigenvalue weighted by atomic mass is 19.1. The molecule has 1 aliphatic rings. The third kappa shape index (κ3) is 19.2. The van der Waals surface area contributed by atoms with E-state index in [1.165, 1.54) is 36.8 Å². The van der Waals surface area contributed by atoms with Crippen LogP contribution in [0.2, 0.25) is 0 Å². The van der Waals surface area contributed by atoms with Crippen molar-refractivity contribution in [3.05, 3.63) is 42.0 Å². The van der Waals surface area contributed by atoms with Gasteiger partial charge in [0.2, 0.25) is 0 Å². The van der Waals surface area contributed by atoms with Crippen LogP contribution in [-0.2, 0) is 34.0 Å². The van der Waals surface area contributed by atoms with Crippen molar-refractivity contribution in [2.75, 3.05) is 13.3 Å². The lowest BCUT2D eigenvalue weighted by atomic mass is 9.90. The van der Waals surface area contributed by atoms with Crippen LogP contribution in [0.25, 0.3) is 0 Å². The van der Waals surface area contributed by atoms with Crippen LogP contribution in [0.4, 0.5) is 4.39 Å². The highest BCUT2D eigenvalue weighted by Gasteiger charge is 2.17. The Bertz CT molecular complexity index is 849. The summed E-state index contributed by atoms with van der Waals surface area (Å²) in [6, 6.07) is 5.83. The number of hydrogen-bond donors (Lipinski definition) is 0. The predicted octanol–water partition coefficient (Wildman–Crippen LogP) is 7.34. The topological polar surface area (TPSA) is 71.3 Å². The van der Waals surface area contributed by atoms with Crippen LogP contribution in [0.5, 0.6) is 0 Å². The number of nitrogens with zero attached hydrogens (tertiary/aromatic N) is 4. The highest BCUT2D eigenvalue weighted by molar-refractivity contribution is 5.02. The summed E-state index contributed by atoms with van der Waals surface area (Å²) >= 11 is 0. The number of hydrogen-bond acceptors (Lipinski definition) is 6. The van der Waals surface area contributed by atoms with Gasteiger partial charge in [-0.25, -0.2) is 9.07 Å². The van der Waals surface area contributed by atoms with Crippen molar-refractivity contribution in [1.82, 2.24) is 20.0 Å². The molecule has 218 valence electrons. The van der Waals surface area contributed by atoms with Crippen LogP contribution in [-0.4, -0.2) is 50.1 Å². The number of pyridine rings is 1. The first-order valence-corrected chi connectivity index (χ1v) is 13.9. The maximum Gasteiger partial charge on any atom is 0.109 e. The molecule has 2 aromatic heterocycles. The molecule has 0 atom stereocenters. The number of halogens is 1. The number of alkyl halides is 1. The summed E-state index contributed by atoms with van der Waals surface area (Å²) in [5.41, 5.74) is 1.49. The van der Waals surface area contributed by atoms with E-state index in [2.05, 4.69) is 36.1 Å². The second-order valence-corrected chi connectivity index (χ2v) is 12.7. The largest absolute Gasteiger partial charge is 0.376 e. The number of rotatable bonds is 8. The summed E-state index contributed by atoms with van der Waals surface area (Å²) in [4.78, 5) is 4.16. The molecule has 0 aromatic carbocycles. The fourth-order valence-electron chi connectivity index (χ4n) is 3.39. The second-order valence-electron chi connectivity index (χ2n) is 12.7. The van der Waals surface area contributed by atoms with Gasteiger partial charge < -0.3 is 14.2 Å². The minimum atomic E-state index is -0.428. The average Bonchev–Trinajstić information content (AvgIpc) is 3.29. The maximum atomic E-state index is 11.9. The number of aryl methyl sites for hydroxylation is 1. The van der Waals surface area contributed by atoms with Crippen molar-refractivity contribution in [3.63, 3.8) is 0 Å². The van der Waals surface area contributed by atoms with Gasteiger partial charge in [0.25, 0.3) is 0 Å². The Hall–Kier alpha value is -1.90. The molecule has 0 radical (unpaired) electrons. The summed E-state index contributed by atoms with van der Waals surface area (Å²) < 4.78 is 30.2. The molecule has 0 saturated heterocycles. The fraction of sp³-hybridized carbons (Fsp3) is 0.767. The van der Waals surface area contributed by atoms with E-state index in [9.17, 15) is 4.39 Å². The monoisotopic (exact) mass is 536 g/mol. The van der Waals surface area contributed by atoms with Gasteiger partial charge in [0.1, 0.15) is 12.4 Å². The number of aromatic nitrogens is 4. The van der Waals surface area contributed by atoms with Gasteiger partial charge in [0.05, 0.1) is 55.1 Å². The normalized spacial score (nSPS) is 14.8. The molecule has 1 saturated carbocycles. The van der Waals surface area contributed by atoms with Gasteiger partial charge in [-0.1, -0.05) is 30.5 Å². The van der Waals surface area contributed by atoms with Gasteiger partial charge in [0.15, 0.2) is 0 Å². The van der Waals surface area contributed by atoms with E-state index >= 15 is 0 Å². The molecule has 1 aliphatic carbocycles. The van der Waals surface area contributed by atoms with Crippen molar-refractivity contribution in [1.29, 1.82) is 0 Å². The Kier molecular flexibility index (Phi) is 15.2. The van der Waals surface area contributed by atoms with Crippen LogP contribution < -0.4 is 0 Å². The molecule has 0 bridgehead atoms. The van der Waals surface area contributed by atoms with Crippen LogP contribution in [0.15, 0.2) is 30.6 Å². The Labute approximate surface area is 230 Å². The summed E-state index contributed by atoms with van der Waals surface area (Å²) in [7, 11) is 0. The molecule has 7 nitrogen and oxygen atoms in total. The third-order valence-corrected chi connectivity index (χ3v) is 5.41. The standard InChI is InChI=1S/C11H22O.C10H15NO.C9H16FN3O/c1-11(2,3)12-9-10-7-5-4-6-8-10;1-10(2,3)12-8-9-6-4-5-7-11-9;1-9(2,3)14-7-8-6-13(5-4-10)12-11-8/h10H,4-9H2,1-3H3;4-7H,8H2,1-3H3;6H,4-5,7H2,1-3H3. The van der Waals surface area contributed by atoms with Gasteiger partial charge >= 0.3 is 0 Å². The minimum absolute atomic E-state index is 0.0530. The molecule has 3 rings (SSSR count). The van der Waals surface area contributed by atoms with Gasteiger partial charge in [0, 0.05) is 6.20 Å². The second kappa shape index (κ2) is 16.9. The Morgan fingerprint density at radius 3 is 1.89 bits per heavy atom. The van der Waals surface area contributed by atoms with Crippen LogP contribution >= 0.6 is 0 Å². The lowest BCUT2D eigenvalue weighted by Gasteiger charge is -2.26. The lowest BCUT2D eigenvalue weighted by Crippen LogP contribution is -2.24. The van der Waals surface area contributed by atoms with E-state index in [-0.39, 0.29) is 23.3 Å². The van der Waals surface area contributed by atoms with Crippen molar-refractivity contribution < 1.29 is 18.6 Å².